The minimum Gasteiger partial charge on any atom is -0.481 e. The highest BCUT2D eigenvalue weighted by molar-refractivity contribution is 5.77. The van der Waals surface area contributed by atoms with Crippen molar-refractivity contribution in [1.29, 1.82) is 0 Å². The van der Waals surface area contributed by atoms with Gasteiger partial charge in [-0.05, 0) is 90.8 Å². The van der Waals surface area contributed by atoms with Gasteiger partial charge in [0.25, 0.3) is 0 Å². The number of hydrogen-bond donors (Lipinski definition) is 8. The van der Waals surface area contributed by atoms with Crippen molar-refractivity contribution in [2.75, 3.05) is 13.2 Å². The first-order valence-corrected chi connectivity index (χ1v) is 20.1. The van der Waals surface area contributed by atoms with Gasteiger partial charge in [-0.1, -0.05) is 65.3 Å². The zero-order valence-corrected chi connectivity index (χ0v) is 32.6. The van der Waals surface area contributed by atoms with Gasteiger partial charge >= 0.3 is 5.97 Å². The summed E-state index contributed by atoms with van der Waals surface area (Å²) in [6.45, 7) is 16.8. The normalized spacial score (nSPS) is 54.4. The molecule has 6 fully saturated rings. The molecule has 13 nitrogen and oxygen atoms in total. The van der Waals surface area contributed by atoms with Crippen molar-refractivity contribution in [3.63, 3.8) is 0 Å². The smallest absolute Gasteiger partial charge is 0.310 e. The number of aliphatic carboxylic acids is 1. The topological polar surface area (TPSA) is 216 Å². The van der Waals surface area contributed by atoms with Crippen LogP contribution >= 0.6 is 0 Å². The zero-order valence-electron chi connectivity index (χ0n) is 32.6. The van der Waals surface area contributed by atoms with Gasteiger partial charge in [-0.3, -0.25) is 4.79 Å². The van der Waals surface area contributed by atoms with E-state index in [4.69, 9.17) is 18.9 Å². The van der Waals surface area contributed by atoms with E-state index < -0.39 is 90.9 Å². The Bertz CT molecular complexity index is 1500. The lowest BCUT2D eigenvalue weighted by molar-refractivity contribution is -0.367. The molecular weight excluding hydrogens is 700 g/mol. The molecule has 2 saturated heterocycles. The molecule has 7 rings (SSSR count). The molecule has 306 valence electrons. The minimum absolute atomic E-state index is 0.0785. The van der Waals surface area contributed by atoms with Crippen molar-refractivity contribution in [2.24, 2.45) is 50.7 Å². The fourth-order valence-electron chi connectivity index (χ4n) is 13.5. The minimum atomic E-state index is -1.68. The summed E-state index contributed by atoms with van der Waals surface area (Å²) in [4.78, 5) is 13.1. The molecule has 0 amide bonds. The van der Waals surface area contributed by atoms with Gasteiger partial charge in [-0.25, -0.2) is 0 Å². The van der Waals surface area contributed by atoms with Gasteiger partial charge in [-0.2, -0.15) is 0 Å². The van der Waals surface area contributed by atoms with Gasteiger partial charge in [0, 0.05) is 5.92 Å². The molecule has 19 atom stereocenters. The fourth-order valence-corrected chi connectivity index (χ4v) is 13.5. The fraction of sp³-hybridized carbons (Fsp3) is 0.878. The number of aliphatic hydroxyl groups is 7. The first kappa shape index (κ1) is 40.7. The highest BCUT2D eigenvalue weighted by Gasteiger charge is 2.70. The van der Waals surface area contributed by atoms with E-state index in [1.807, 2.05) is 0 Å². The van der Waals surface area contributed by atoms with Crippen LogP contribution in [0.4, 0.5) is 0 Å². The molecule has 0 aromatic carbocycles. The second kappa shape index (κ2) is 13.8. The molecule has 0 bridgehead atoms. The number of aliphatic hydroxyl groups excluding tert-OH is 7. The molecule has 5 aliphatic carbocycles. The van der Waals surface area contributed by atoms with E-state index >= 15 is 0 Å². The van der Waals surface area contributed by atoms with Gasteiger partial charge in [-0.15, -0.1) is 0 Å². The van der Waals surface area contributed by atoms with E-state index in [1.54, 1.807) is 0 Å². The van der Waals surface area contributed by atoms with Gasteiger partial charge in [0.1, 0.15) is 42.7 Å². The van der Waals surface area contributed by atoms with E-state index in [0.717, 1.165) is 37.7 Å². The SMILES string of the molecule is C=C1CC[C@]2(C(=O)O)CC[C@]3(C)C(=CC[C@@H]4[C@@]5(C)C[C@@H](O)[C@H](O[C@@H]6O[C@H](CO)[C@@H](O)[C@H](O[C@@H]7OC[C@@H](O)[C@H](O)[C@H]7O)[C@H]6O)C(C)(C)[C@@H]5CC[C@]43C)[C@@H]2[C@H]1C. The summed E-state index contributed by atoms with van der Waals surface area (Å²) >= 11 is 0. The molecule has 0 aromatic rings. The summed E-state index contributed by atoms with van der Waals surface area (Å²) in [6, 6.07) is 0. The van der Waals surface area contributed by atoms with E-state index in [9.17, 15) is 45.6 Å². The van der Waals surface area contributed by atoms with Crippen LogP contribution in [-0.4, -0.2) is 128 Å². The third kappa shape index (κ3) is 5.69. The largest absolute Gasteiger partial charge is 0.481 e. The van der Waals surface area contributed by atoms with E-state index in [2.05, 4.69) is 54.2 Å². The van der Waals surface area contributed by atoms with Crippen LogP contribution in [0.3, 0.4) is 0 Å². The number of carboxylic acid groups (broad SMARTS) is 1. The summed E-state index contributed by atoms with van der Waals surface area (Å²) in [6.07, 6.45) is -7.08. The molecule has 2 heterocycles. The van der Waals surface area contributed by atoms with Crippen molar-refractivity contribution in [1.82, 2.24) is 0 Å². The lowest BCUT2D eigenvalue weighted by Gasteiger charge is -2.71. The number of hydrogen-bond acceptors (Lipinski definition) is 12. The van der Waals surface area contributed by atoms with E-state index in [0.29, 0.717) is 19.3 Å². The lowest BCUT2D eigenvalue weighted by atomic mass is 9.33. The molecule has 4 saturated carbocycles. The van der Waals surface area contributed by atoms with Crippen LogP contribution < -0.4 is 0 Å². The second-order valence-corrected chi connectivity index (χ2v) is 19.4. The number of fused-ring (bicyclic) bond motifs is 7. The van der Waals surface area contributed by atoms with Crippen LogP contribution in [0.15, 0.2) is 23.8 Å². The van der Waals surface area contributed by atoms with Crippen LogP contribution in [-0.2, 0) is 23.7 Å². The Balaban J connectivity index is 1.15. The third-order valence-corrected chi connectivity index (χ3v) is 16.7. The summed E-state index contributed by atoms with van der Waals surface area (Å²) < 4.78 is 23.6. The molecule has 0 unspecified atom stereocenters. The Morgan fingerprint density at radius 1 is 0.889 bits per heavy atom. The Morgan fingerprint density at radius 2 is 1.59 bits per heavy atom. The summed E-state index contributed by atoms with van der Waals surface area (Å²) in [5, 5.41) is 86.0. The molecule has 7 aliphatic rings. The van der Waals surface area contributed by atoms with E-state index in [-0.39, 0.29) is 46.5 Å². The van der Waals surface area contributed by atoms with Gasteiger partial charge in [0.05, 0.1) is 30.8 Å². The number of ether oxygens (including phenoxy) is 4. The van der Waals surface area contributed by atoms with Crippen LogP contribution in [0.1, 0.15) is 92.9 Å². The average Bonchev–Trinajstić information content (AvgIpc) is 3.10. The van der Waals surface area contributed by atoms with Crippen molar-refractivity contribution in [3.05, 3.63) is 23.8 Å². The highest BCUT2D eigenvalue weighted by Crippen LogP contribution is 2.76. The van der Waals surface area contributed by atoms with E-state index in [1.165, 1.54) is 5.57 Å². The number of carbonyl (C=O) groups is 1. The number of rotatable bonds is 6. The summed E-state index contributed by atoms with van der Waals surface area (Å²) in [5.74, 6) is -0.411. The van der Waals surface area contributed by atoms with Gasteiger partial charge in [0.2, 0.25) is 0 Å². The molecule has 2 aliphatic heterocycles. The van der Waals surface area contributed by atoms with Crippen LogP contribution in [0.5, 0.6) is 0 Å². The lowest BCUT2D eigenvalue weighted by Crippen LogP contribution is -2.68. The molecule has 8 N–H and O–H groups in total. The third-order valence-electron chi connectivity index (χ3n) is 16.7. The van der Waals surface area contributed by atoms with Crippen molar-refractivity contribution in [3.8, 4) is 0 Å². The Kier molecular flexibility index (Phi) is 10.4. The number of carboxylic acids is 1. The van der Waals surface area contributed by atoms with Gasteiger partial charge < -0.3 is 59.8 Å². The summed E-state index contributed by atoms with van der Waals surface area (Å²) in [5.41, 5.74) is 0.328. The zero-order chi connectivity index (χ0) is 39.5. The molecule has 0 radical (unpaired) electrons. The maximum absolute atomic E-state index is 13.1. The molecule has 0 spiro atoms. The van der Waals surface area contributed by atoms with Crippen molar-refractivity contribution in [2.45, 2.75) is 160 Å². The standard InChI is InChI=1S/C41H64O13/c1-19-10-13-41(36(49)50)15-14-39(6)21(27(41)20(19)2)8-9-26-38(5)16-22(43)33(37(3,4)25(38)11-12-40(26,39)7)54-35-31(48)32(29(46)24(17-42)52-35)53-34-30(47)28(45)23(44)18-51-34/h8,20,22-35,42-48H,1,9-18H2,2-7H3,(H,49,50)/t20-,22+,23+,24+,25-,26+,27-,28-,29+,30+,31+,32-,33-,34-,35-,38-,39+,40+,41-/m0/s1. The first-order valence-electron chi connectivity index (χ1n) is 20.1. The monoisotopic (exact) mass is 764 g/mol. The molecular formula is C41H64O13. The van der Waals surface area contributed by atoms with Crippen molar-refractivity contribution >= 4 is 5.97 Å². The predicted molar refractivity (Wildman–Crippen MR) is 193 cm³/mol. The summed E-state index contributed by atoms with van der Waals surface area (Å²) in [7, 11) is 0. The maximum Gasteiger partial charge on any atom is 0.310 e. The molecule has 13 heteroatoms. The van der Waals surface area contributed by atoms with Crippen LogP contribution in [0, 0.1) is 50.7 Å². The maximum atomic E-state index is 13.1. The second-order valence-electron chi connectivity index (χ2n) is 19.4. The molecule has 0 aromatic heterocycles. The Hall–Kier alpha value is -1.49. The predicted octanol–water partition coefficient (Wildman–Crippen LogP) is 2.27. The Morgan fingerprint density at radius 3 is 2.26 bits per heavy atom. The molecule has 54 heavy (non-hydrogen) atoms. The Labute approximate surface area is 318 Å². The highest BCUT2D eigenvalue weighted by atomic mass is 16.7. The van der Waals surface area contributed by atoms with Crippen LogP contribution in [0.25, 0.3) is 0 Å². The van der Waals surface area contributed by atoms with Crippen LogP contribution in [0.2, 0.25) is 0 Å². The first-order chi connectivity index (χ1) is 25.2. The number of allylic oxidation sites excluding steroid dienone is 3. The van der Waals surface area contributed by atoms with Crippen molar-refractivity contribution < 1.29 is 64.6 Å². The quantitative estimate of drug-likeness (QED) is 0.144. The average molecular weight is 765 g/mol. The van der Waals surface area contributed by atoms with Gasteiger partial charge in [0.15, 0.2) is 12.6 Å².